The van der Waals surface area contributed by atoms with Crippen molar-refractivity contribution in [3.05, 3.63) is 70.2 Å². The standard InChI is InChI=1S/C19H21ClN2O2/c1-21-9-11-22(12-10-21)18(14-5-7-17(20)8-6-14)15-3-2-4-16(13-15)19(23)24/h2-8,13,18H,9-12H2,1H3,(H,23,24). The normalized spacial score (nSPS) is 17.6. The van der Waals surface area contributed by atoms with Crippen LogP contribution in [0, 0.1) is 0 Å². The van der Waals surface area contributed by atoms with E-state index in [0.29, 0.717) is 10.6 Å². The van der Waals surface area contributed by atoms with Gasteiger partial charge in [-0.1, -0.05) is 35.9 Å². The van der Waals surface area contributed by atoms with Crippen molar-refractivity contribution in [3.63, 3.8) is 0 Å². The number of aromatic carboxylic acids is 1. The highest BCUT2D eigenvalue weighted by Crippen LogP contribution is 2.30. The molecule has 3 rings (SSSR count). The summed E-state index contributed by atoms with van der Waals surface area (Å²) in [5.41, 5.74) is 2.45. The Balaban J connectivity index is 1.99. The van der Waals surface area contributed by atoms with Crippen LogP contribution in [-0.4, -0.2) is 54.1 Å². The van der Waals surface area contributed by atoms with Crippen LogP contribution in [0.15, 0.2) is 48.5 Å². The number of nitrogens with zero attached hydrogens (tertiary/aromatic N) is 2. The van der Waals surface area contributed by atoms with E-state index in [2.05, 4.69) is 16.8 Å². The lowest BCUT2D eigenvalue weighted by atomic mass is 9.95. The second kappa shape index (κ2) is 7.34. The molecule has 1 atom stereocenters. The third-order valence-electron chi connectivity index (χ3n) is 4.54. The summed E-state index contributed by atoms with van der Waals surface area (Å²) in [5.74, 6) is -0.898. The number of halogens is 1. The molecule has 1 aliphatic heterocycles. The largest absolute Gasteiger partial charge is 0.478 e. The van der Waals surface area contributed by atoms with E-state index in [1.54, 1.807) is 12.1 Å². The maximum atomic E-state index is 11.3. The van der Waals surface area contributed by atoms with Gasteiger partial charge in [0.2, 0.25) is 0 Å². The summed E-state index contributed by atoms with van der Waals surface area (Å²) in [4.78, 5) is 16.1. The fourth-order valence-electron chi connectivity index (χ4n) is 3.18. The van der Waals surface area contributed by atoms with Crippen molar-refractivity contribution in [2.75, 3.05) is 33.2 Å². The summed E-state index contributed by atoms with van der Waals surface area (Å²) in [7, 11) is 2.12. The first-order valence-corrected chi connectivity index (χ1v) is 8.44. The summed E-state index contributed by atoms with van der Waals surface area (Å²) < 4.78 is 0. The topological polar surface area (TPSA) is 43.8 Å². The fourth-order valence-corrected chi connectivity index (χ4v) is 3.31. The van der Waals surface area contributed by atoms with Crippen molar-refractivity contribution in [2.45, 2.75) is 6.04 Å². The van der Waals surface area contributed by atoms with Crippen LogP contribution in [0.4, 0.5) is 0 Å². The Labute approximate surface area is 147 Å². The van der Waals surface area contributed by atoms with E-state index in [-0.39, 0.29) is 6.04 Å². The van der Waals surface area contributed by atoms with E-state index in [4.69, 9.17) is 11.6 Å². The molecule has 1 aliphatic rings. The number of carboxylic acids is 1. The Morgan fingerprint density at radius 1 is 1.04 bits per heavy atom. The van der Waals surface area contributed by atoms with Gasteiger partial charge in [-0.05, 0) is 42.4 Å². The number of piperazine rings is 1. The van der Waals surface area contributed by atoms with Crippen molar-refractivity contribution in [2.24, 2.45) is 0 Å². The Morgan fingerprint density at radius 3 is 2.33 bits per heavy atom. The van der Waals surface area contributed by atoms with Gasteiger partial charge >= 0.3 is 5.97 Å². The van der Waals surface area contributed by atoms with Gasteiger partial charge < -0.3 is 10.0 Å². The van der Waals surface area contributed by atoms with Crippen LogP contribution in [0.2, 0.25) is 5.02 Å². The molecule has 4 nitrogen and oxygen atoms in total. The molecule has 0 amide bonds. The smallest absolute Gasteiger partial charge is 0.335 e. The van der Waals surface area contributed by atoms with Crippen LogP contribution in [-0.2, 0) is 0 Å². The lowest BCUT2D eigenvalue weighted by Crippen LogP contribution is -2.46. The molecule has 24 heavy (non-hydrogen) atoms. The molecule has 1 fully saturated rings. The SMILES string of the molecule is CN1CCN(C(c2ccc(Cl)cc2)c2cccc(C(=O)O)c2)CC1. The van der Waals surface area contributed by atoms with Gasteiger partial charge in [0.15, 0.2) is 0 Å². The minimum absolute atomic E-state index is 0.0373. The molecular formula is C19H21ClN2O2. The molecule has 0 saturated carbocycles. The van der Waals surface area contributed by atoms with Gasteiger partial charge in [-0.2, -0.15) is 0 Å². The van der Waals surface area contributed by atoms with Gasteiger partial charge in [0, 0.05) is 31.2 Å². The lowest BCUT2D eigenvalue weighted by molar-refractivity contribution is 0.0696. The molecule has 1 heterocycles. The first-order valence-electron chi connectivity index (χ1n) is 8.06. The van der Waals surface area contributed by atoms with E-state index >= 15 is 0 Å². The predicted molar refractivity (Wildman–Crippen MR) is 95.8 cm³/mol. The van der Waals surface area contributed by atoms with E-state index in [1.807, 2.05) is 36.4 Å². The van der Waals surface area contributed by atoms with Gasteiger partial charge in [-0.3, -0.25) is 4.90 Å². The fraction of sp³-hybridized carbons (Fsp3) is 0.316. The summed E-state index contributed by atoms with van der Waals surface area (Å²) in [6.07, 6.45) is 0. The summed E-state index contributed by atoms with van der Waals surface area (Å²) in [5, 5.41) is 10.0. The molecular weight excluding hydrogens is 324 g/mol. The monoisotopic (exact) mass is 344 g/mol. The number of rotatable bonds is 4. The first-order chi connectivity index (χ1) is 11.5. The number of carboxylic acid groups (broad SMARTS) is 1. The van der Waals surface area contributed by atoms with E-state index in [1.165, 1.54) is 0 Å². The van der Waals surface area contributed by atoms with E-state index < -0.39 is 5.97 Å². The number of carbonyl (C=O) groups is 1. The molecule has 0 bridgehead atoms. The van der Waals surface area contributed by atoms with Crippen LogP contribution >= 0.6 is 11.6 Å². The summed E-state index contributed by atoms with van der Waals surface area (Å²) in [6, 6.07) is 15.1. The molecule has 0 aromatic heterocycles. The van der Waals surface area contributed by atoms with Crippen molar-refractivity contribution >= 4 is 17.6 Å². The molecule has 0 spiro atoms. The lowest BCUT2D eigenvalue weighted by Gasteiger charge is -2.38. The average molecular weight is 345 g/mol. The first kappa shape index (κ1) is 17.0. The zero-order valence-electron chi connectivity index (χ0n) is 13.7. The molecule has 126 valence electrons. The molecule has 1 saturated heterocycles. The van der Waals surface area contributed by atoms with Crippen molar-refractivity contribution in [3.8, 4) is 0 Å². The van der Waals surface area contributed by atoms with Gasteiger partial charge in [0.1, 0.15) is 0 Å². The summed E-state index contributed by atoms with van der Waals surface area (Å²) in [6.45, 7) is 3.90. The Bertz CT molecular complexity index is 710. The van der Waals surface area contributed by atoms with Crippen LogP contribution < -0.4 is 0 Å². The van der Waals surface area contributed by atoms with Gasteiger partial charge in [0.05, 0.1) is 11.6 Å². The second-order valence-corrected chi connectivity index (χ2v) is 6.66. The number of hydrogen-bond donors (Lipinski definition) is 1. The third-order valence-corrected chi connectivity index (χ3v) is 4.79. The zero-order valence-corrected chi connectivity index (χ0v) is 14.4. The van der Waals surface area contributed by atoms with Crippen molar-refractivity contribution < 1.29 is 9.90 Å². The highest BCUT2D eigenvalue weighted by molar-refractivity contribution is 6.30. The number of likely N-dealkylation sites (N-methyl/N-ethyl adjacent to an activating group) is 1. The van der Waals surface area contributed by atoms with Crippen molar-refractivity contribution in [1.82, 2.24) is 9.80 Å². The molecule has 1 N–H and O–H groups in total. The van der Waals surface area contributed by atoms with E-state index in [9.17, 15) is 9.90 Å². The Morgan fingerprint density at radius 2 is 1.71 bits per heavy atom. The van der Waals surface area contributed by atoms with Crippen LogP contribution in [0.3, 0.4) is 0 Å². The molecule has 2 aromatic rings. The highest BCUT2D eigenvalue weighted by Gasteiger charge is 2.26. The second-order valence-electron chi connectivity index (χ2n) is 6.22. The van der Waals surface area contributed by atoms with Crippen molar-refractivity contribution in [1.29, 1.82) is 0 Å². The molecule has 2 aromatic carbocycles. The molecule has 5 heteroatoms. The number of benzene rings is 2. The molecule has 0 radical (unpaired) electrons. The van der Waals surface area contributed by atoms with Gasteiger partial charge in [0.25, 0.3) is 0 Å². The predicted octanol–water partition coefficient (Wildman–Crippen LogP) is 3.38. The quantitative estimate of drug-likeness (QED) is 0.923. The zero-order chi connectivity index (χ0) is 17.1. The minimum atomic E-state index is -0.898. The average Bonchev–Trinajstić information content (AvgIpc) is 2.59. The number of hydrogen-bond acceptors (Lipinski definition) is 3. The Kier molecular flexibility index (Phi) is 5.19. The molecule has 0 aliphatic carbocycles. The Hall–Kier alpha value is -1.88. The van der Waals surface area contributed by atoms with Gasteiger partial charge in [-0.15, -0.1) is 0 Å². The molecule has 1 unspecified atom stereocenters. The maximum absolute atomic E-state index is 11.3. The highest BCUT2D eigenvalue weighted by atomic mass is 35.5. The van der Waals surface area contributed by atoms with E-state index in [0.717, 1.165) is 37.3 Å². The summed E-state index contributed by atoms with van der Waals surface area (Å²) >= 11 is 6.04. The van der Waals surface area contributed by atoms with Crippen LogP contribution in [0.25, 0.3) is 0 Å². The maximum Gasteiger partial charge on any atom is 0.335 e. The third kappa shape index (κ3) is 3.78. The van der Waals surface area contributed by atoms with Crippen LogP contribution in [0.5, 0.6) is 0 Å². The van der Waals surface area contributed by atoms with Gasteiger partial charge in [-0.25, -0.2) is 4.79 Å². The minimum Gasteiger partial charge on any atom is -0.478 e. The van der Waals surface area contributed by atoms with Crippen LogP contribution in [0.1, 0.15) is 27.5 Å².